The molecular weight excluding hydrogens is 550 g/mol. The highest BCUT2D eigenvalue weighted by atomic mass is 16.5. The second-order valence-corrected chi connectivity index (χ2v) is 12.8. The number of carboxylic acid groups (broad SMARTS) is 1. The largest absolute Gasteiger partial charge is 0.480 e. The minimum absolute atomic E-state index is 0.0262. The summed E-state index contributed by atoms with van der Waals surface area (Å²) in [5.74, 6) is -1.24. The van der Waals surface area contributed by atoms with E-state index in [1.54, 1.807) is 0 Å². The average Bonchev–Trinajstić information content (AvgIpc) is 3.00. The van der Waals surface area contributed by atoms with Crippen LogP contribution in [-0.2, 0) is 19.1 Å². The maximum Gasteiger partial charge on any atom is 0.322 e. The molecule has 0 saturated carbocycles. The van der Waals surface area contributed by atoms with Gasteiger partial charge in [-0.2, -0.15) is 0 Å². The number of carboxylic acids is 1. The number of esters is 1. The van der Waals surface area contributed by atoms with Crippen molar-refractivity contribution in [1.29, 1.82) is 0 Å². The van der Waals surface area contributed by atoms with Gasteiger partial charge in [0.05, 0.1) is 0 Å². The maximum atomic E-state index is 12.6. The molecule has 0 aliphatic heterocycles. The van der Waals surface area contributed by atoms with E-state index in [1.807, 2.05) is 0 Å². The first kappa shape index (κ1) is 42.1. The summed E-state index contributed by atoms with van der Waals surface area (Å²) in [5.41, 5.74) is 0. The Labute approximate surface area is 271 Å². The lowest BCUT2D eigenvalue weighted by Gasteiger charge is -2.18. The van der Waals surface area contributed by atoms with Gasteiger partial charge in [0.25, 0.3) is 0 Å². The van der Waals surface area contributed by atoms with Crippen molar-refractivity contribution in [3.8, 4) is 0 Å². The van der Waals surface area contributed by atoms with Crippen LogP contribution in [0.4, 0.5) is 0 Å². The fourth-order valence-corrected chi connectivity index (χ4v) is 5.63. The molecule has 6 nitrogen and oxygen atoms in total. The number of amides is 1. The first-order valence-corrected chi connectivity index (χ1v) is 18.8. The molecule has 0 aliphatic carbocycles. The quantitative estimate of drug-likeness (QED) is 0.0423. The van der Waals surface area contributed by atoms with Crippen LogP contribution in [0.25, 0.3) is 0 Å². The Balaban J connectivity index is 3.99. The zero-order valence-electron chi connectivity index (χ0n) is 29.0. The predicted octanol–water partition coefficient (Wildman–Crippen LogP) is 11.0. The number of nitrogens with one attached hydrogen (secondary N) is 1. The average molecular weight is 622 g/mol. The molecule has 0 heterocycles. The number of hydrogen-bond acceptors (Lipinski definition) is 4. The number of unbranched alkanes of at least 4 members (excludes halogenated alkanes) is 21. The Bertz CT molecular complexity index is 693. The molecule has 0 spiro atoms. The second kappa shape index (κ2) is 34.0. The van der Waals surface area contributed by atoms with Gasteiger partial charge in [0.2, 0.25) is 5.91 Å². The maximum absolute atomic E-state index is 12.6. The van der Waals surface area contributed by atoms with Gasteiger partial charge in [0.1, 0.15) is 12.6 Å². The van der Waals surface area contributed by atoms with E-state index >= 15 is 0 Å². The number of hydrogen-bond donors (Lipinski definition) is 2. The Hall–Kier alpha value is -1.85. The van der Waals surface area contributed by atoms with Crippen molar-refractivity contribution in [2.24, 2.45) is 0 Å². The molecule has 258 valence electrons. The van der Waals surface area contributed by atoms with Crippen molar-refractivity contribution in [2.45, 2.75) is 206 Å². The predicted molar refractivity (Wildman–Crippen MR) is 185 cm³/mol. The molecule has 1 unspecified atom stereocenters. The highest BCUT2D eigenvalue weighted by molar-refractivity contribution is 5.80. The van der Waals surface area contributed by atoms with E-state index in [9.17, 15) is 14.4 Å². The minimum atomic E-state index is -1.02. The summed E-state index contributed by atoms with van der Waals surface area (Å²) in [6.07, 6.45) is 37.6. The Morgan fingerprint density at radius 3 is 1.45 bits per heavy atom. The topological polar surface area (TPSA) is 92.7 Å². The van der Waals surface area contributed by atoms with E-state index in [2.05, 4.69) is 31.3 Å². The van der Waals surface area contributed by atoms with Crippen LogP contribution in [0, 0.1) is 0 Å². The van der Waals surface area contributed by atoms with Gasteiger partial charge in [0.15, 0.2) is 0 Å². The first-order valence-electron chi connectivity index (χ1n) is 18.8. The molecule has 0 aromatic heterocycles. The van der Waals surface area contributed by atoms with E-state index in [-0.39, 0.29) is 24.5 Å². The first-order chi connectivity index (χ1) is 21.5. The monoisotopic (exact) mass is 622 g/mol. The van der Waals surface area contributed by atoms with Gasteiger partial charge >= 0.3 is 11.9 Å². The Morgan fingerprint density at radius 2 is 0.977 bits per heavy atom. The van der Waals surface area contributed by atoms with E-state index in [1.165, 1.54) is 109 Å². The van der Waals surface area contributed by atoms with Gasteiger partial charge in [0, 0.05) is 12.8 Å². The highest BCUT2D eigenvalue weighted by Gasteiger charge is 2.14. The van der Waals surface area contributed by atoms with Crippen LogP contribution in [0.3, 0.4) is 0 Å². The molecule has 1 amide bonds. The summed E-state index contributed by atoms with van der Waals surface area (Å²) >= 11 is 0. The molecule has 0 aromatic carbocycles. The lowest BCUT2D eigenvalue weighted by molar-refractivity contribution is -0.150. The fraction of sp³-hybridized carbons (Fsp3) is 0.868. The Kier molecular flexibility index (Phi) is 32.6. The van der Waals surface area contributed by atoms with Crippen LogP contribution in [0.15, 0.2) is 12.2 Å². The molecule has 0 fully saturated rings. The summed E-state index contributed by atoms with van der Waals surface area (Å²) in [7, 11) is 0. The summed E-state index contributed by atoms with van der Waals surface area (Å²) < 4.78 is 5.96. The summed E-state index contributed by atoms with van der Waals surface area (Å²) in [5, 5.41) is 11.0. The van der Waals surface area contributed by atoms with Gasteiger partial charge in [-0.15, -0.1) is 0 Å². The molecular formula is C38H71NO5. The number of allylic oxidation sites excluding steroid dienone is 2. The standard InChI is InChI=1S/C38H71NO5/c1-3-5-7-9-11-12-13-14-15-16-17-18-19-20-25-29-33-38(43)44-35(30-26-22-10-8-6-4-2)31-27-23-21-24-28-32-36(40)39-34-37(41)42/h15-16,35H,3-14,17-34H2,1-2H3,(H,39,40)(H,41,42)/b16-15-. The van der Waals surface area contributed by atoms with Crippen molar-refractivity contribution in [2.75, 3.05) is 6.54 Å². The van der Waals surface area contributed by atoms with E-state index in [0.717, 1.165) is 64.2 Å². The Morgan fingerprint density at radius 1 is 0.568 bits per heavy atom. The fourth-order valence-electron chi connectivity index (χ4n) is 5.63. The second-order valence-electron chi connectivity index (χ2n) is 12.8. The van der Waals surface area contributed by atoms with Crippen LogP contribution in [0.5, 0.6) is 0 Å². The molecule has 0 bridgehead atoms. The van der Waals surface area contributed by atoms with Crippen LogP contribution in [0.1, 0.15) is 200 Å². The highest BCUT2D eigenvalue weighted by Crippen LogP contribution is 2.18. The third-order valence-corrected chi connectivity index (χ3v) is 8.44. The van der Waals surface area contributed by atoms with Gasteiger partial charge in [-0.3, -0.25) is 14.4 Å². The SMILES string of the molecule is CCCCCCCCC/C=C\CCCCCCCC(=O)OC(CCCCCCCC)CCCCCCCC(=O)NCC(=O)O. The molecule has 44 heavy (non-hydrogen) atoms. The minimum Gasteiger partial charge on any atom is -0.480 e. The van der Waals surface area contributed by atoms with Crippen molar-refractivity contribution in [1.82, 2.24) is 5.32 Å². The normalized spacial score (nSPS) is 12.0. The van der Waals surface area contributed by atoms with Gasteiger partial charge in [-0.1, -0.05) is 135 Å². The van der Waals surface area contributed by atoms with Crippen LogP contribution < -0.4 is 5.32 Å². The zero-order valence-corrected chi connectivity index (χ0v) is 29.0. The number of rotatable bonds is 34. The van der Waals surface area contributed by atoms with Crippen LogP contribution in [-0.4, -0.2) is 35.6 Å². The smallest absolute Gasteiger partial charge is 0.322 e. The lowest BCUT2D eigenvalue weighted by atomic mass is 10.0. The summed E-state index contributed by atoms with van der Waals surface area (Å²) in [4.78, 5) is 34.7. The molecule has 2 N–H and O–H groups in total. The number of carbonyl (C=O) groups excluding carboxylic acids is 2. The van der Waals surface area contributed by atoms with Crippen molar-refractivity contribution in [3.63, 3.8) is 0 Å². The summed E-state index contributed by atoms with van der Waals surface area (Å²) in [6.45, 7) is 4.20. The van der Waals surface area contributed by atoms with Crippen molar-refractivity contribution < 1.29 is 24.2 Å². The number of aliphatic carboxylic acids is 1. The van der Waals surface area contributed by atoms with Crippen molar-refractivity contribution in [3.05, 3.63) is 12.2 Å². The van der Waals surface area contributed by atoms with Gasteiger partial charge in [-0.25, -0.2) is 0 Å². The molecule has 1 atom stereocenters. The molecule has 0 aromatic rings. The number of ether oxygens (including phenoxy) is 1. The van der Waals surface area contributed by atoms with Crippen LogP contribution >= 0.6 is 0 Å². The summed E-state index contributed by atoms with van der Waals surface area (Å²) in [6, 6.07) is 0. The third-order valence-electron chi connectivity index (χ3n) is 8.44. The molecule has 0 radical (unpaired) electrons. The van der Waals surface area contributed by atoms with Crippen molar-refractivity contribution >= 4 is 17.8 Å². The van der Waals surface area contributed by atoms with E-state index < -0.39 is 5.97 Å². The molecule has 0 rings (SSSR count). The third kappa shape index (κ3) is 33.1. The lowest BCUT2D eigenvalue weighted by Crippen LogP contribution is -2.28. The van der Waals surface area contributed by atoms with E-state index in [4.69, 9.17) is 9.84 Å². The van der Waals surface area contributed by atoms with Gasteiger partial charge in [-0.05, 0) is 64.2 Å². The molecule has 0 saturated heterocycles. The van der Waals surface area contributed by atoms with Gasteiger partial charge < -0.3 is 15.2 Å². The molecule has 6 heteroatoms. The van der Waals surface area contributed by atoms with E-state index in [0.29, 0.717) is 12.8 Å². The van der Waals surface area contributed by atoms with Crippen LogP contribution in [0.2, 0.25) is 0 Å². The molecule has 0 aliphatic rings. The number of carbonyl (C=O) groups is 3. The zero-order chi connectivity index (χ0) is 32.4.